The largest absolute Gasteiger partial charge is 0.486 e. The highest BCUT2D eigenvalue weighted by Gasteiger charge is 2.51. The number of ether oxygens (including phenoxy) is 1. The van der Waals surface area contributed by atoms with Gasteiger partial charge < -0.3 is 14.9 Å². The van der Waals surface area contributed by atoms with Gasteiger partial charge in [0.1, 0.15) is 23.5 Å². The summed E-state index contributed by atoms with van der Waals surface area (Å²) in [4.78, 5) is -0.794. The van der Waals surface area contributed by atoms with Crippen molar-refractivity contribution in [3.05, 3.63) is 58.9 Å². The number of rotatable bonds is 5. The molecule has 1 saturated heterocycles. The maximum Gasteiger partial charge on any atom is 0.416 e. The Bertz CT molecular complexity index is 1210. The van der Waals surface area contributed by atoms with Crippen molar-refractivity contribution in [3.8, 4) is 11.8 Å². The first kappa shape index (κ1) is 24.8. The third-order valence-electron chi connectivity index (χ3n) is 4.97. The van der Waals surface area contributed by atoms with E-state index in [9.17, 15) is 45.0 Å². The van der Waals surface area contributed by atoms with E-state index in [0.717, 1.165) is 0 Å². The standard InChI is InChI=1S/C19H14F6N2O5S/c20-13-4-12(5-14(21)17(13)22)32-16-7-27(8-18(16,29)9-28)33(30,31)15-2-1-11(19(23,24)25)3-10(15)6-26/h1-5,16,28-29H,7-9H2/t16-,18+/m0/s1. The minimum atomic E-state index is -4.84. The van der Waals surface area contributed by atoms with Gasteiger partial charge >= 0.3 is 6.18 Å². The molecule has 0 unspecified atom stereocenters. The Hall–Kier alpha value is -2.86. The van der Waals surface area contributed by atoms with Crippen LogP contribution in [0, 0.1) is 28.8 Å². The summed E-state index contributed by atoms with van der Waals surface area (Å²) in [5.41, 5.74) is -4.37. The Kier molecular flexibility index (Phi) is 6.37. The number of aliphatic hydroxyl groups excluding tert-OH is 1. The van der Waals surface area contributed by atoms with E-state index < -0.39 is 86.8 Å². The van der Waals surface area contributed by atoms with E-state index in [-0.39, 0.29) is 0 Å². The molecule has 3 rings (SSSR count). The van der Waals surface area contributed by atoms with Gasteiger partial charge in [0.15, 0.2) is 17.5 Å². The Labute approximate surface area is 183 Å². The van der Waals surface area contributed by atoms with Gasteiger partial charge in [-0.2, -0.15) is 22.7 Å². The van der Waals surface area contributed by atoms with Gasteiger partial charge in [0.2, 0.25) is 10.0 Å². The minimum Gasteiger partial charge on any atom is -0.486 e. The van der Waals surface area contributed by atoms with E-state index in [1.807, 2.05) is 0 Å². The first-order valence-corrected chi connectivity index (χ1v) is 10.4. The first-order valence-electron chi connectivity index (χ1n) is 8.99. The highest BCUT2D eigenvalue weighted by molar-refractivity contribution is 7.89. The van der Waals surface area contributed by atoms with Crippen molar-refractivity contribution in [1.82, 2.24) is 4.31 Å². The first-order chi connectivity index (χ1) is 15.2. The fraction of sp³-hybridized carbons (Fsp3) is 0.316. The molecule has 14 heteroatoms. The van der Waals surface area contributed by atoms with Crippen molar-refractivity contribution in [3.63, 3.8) is 0 Å². The minimum absolute atomic E-state index is 0.346. The van der Waals surface area contributed by atoms with Gasteiger partial charge in [-0.1, -0.05) is 0 Å². The highest BCUT2D eigenvalue weighted by atomic mass is 32.2. The lowest BCUT2D eigenvalue weighted by Gasteiger charge is -2.27. The maximum absolute atomic E-state index is 13.5. The second-order valence-electron chi connectivity index (χ2n) is 7.19. The number of nitriles is 1. The molecular weight excluding hydrogens is 482 g/mol. The number of halogens is 6. The average molecular weight is 496 g/mol. The summed E-state index contributed by atoms with van der Waals surface area (Å²) in [5.74, 6) is -5.65. The van der Waals surface area contributed by atoms with Crippen LogP contribution in [0.4, 0.5) is 26.3 Å². The van der Waals surface area contributed by atoms with Gasteiger partial charge in [-0.05, 0) is 18.2 Å². The van der Waals surface area contributed by atoms with Crippen molar-refractivity contribution >= 4 is 10.0 Å². The Morgan fingerprint density at radius 3 is 2.30 bits per heavy atom. The van der Waals surface area contributed by atoms with E-state index >= 15 is 0 Å². The topological polar surface area (TPSA) is 111 Å². The second kappa shape index (κ2) is 8.49. The molecule has 1 aliphatic rings. The van der Waals surface area contributed by atoms with Crippen molar-refractivity contribution in [1.29, 1.82) is 5.26 Å². The smallest absolute Gasteiger partial charge is 0.416 e. The molecule has 178 valence electrons. The van der Waals surface area contributed by atoms with Crippen LogP contribution in [0.15, 0.2) is 35.2 Å². The van der Waals surface area contributed by atoms with Crippen LogP contribution in [0.2, 0.25) is 0 Å². The van der Waals surface area contributed by atoms with Gasteiger partial charge in [-0.25, -0.2) is 21.6 Å². The van der Waals surface area contributed by atoms with Gasteiger partial charge in [0.05, 0.1) is 29.2 Å². The molecule has 0 amide bonds. The number of sulfonamides is 1. The van der Waals surface area contributed by atoms with E-state index in [1.54, 1.807) is 0 Å². The van der Waals surface area contributed by atoms with Crippen LogP contribution in [0.1, 0.15) is 11.1 Å². The number of β-amino-alcohol motifs (C(OH)–C–C–N with tert-alkyl or cyclic N) is 1. The third kappa shape index (κ3) is 4.62. The van der Waals surface area contributed by atoms with Crippen LogP contribution in [-0.4, -0.2) is 54.3 Å². The highest BCUT2D eigenvalue weighted by Crippen LogP contribution is 2.35. The molecule has 0 bridgehead atoms. The lowest BCUT2D eigenvalue weighted by Crippen LogP contribution is -2.48. The van der Waals surface area contributed by atoms with Crippen LogP contribution < -0.4 is 4.74 Å². The molecule has 0 saturated carbocycles. The normalized spacial score (nSPS) is 21.7. The van der Waals surface area contributed by atoms with Crippen LogP contribution in [0.25, 0.3) is 0 Å². The molecule has 0 radical (unpaired) electrons. The predicted molar refractivity (Wildman–Crippen MR) is 97.7 cm³/mol. The van der Waals surface area contributed by atoms with Gasteiger partial charge in [-0.3, -0.25) is 0 Å². The van der Waals surface area contributed by atoms with E-state index in [4.69, 9.17) is 10.00 Å². The average Bonchev–Trinajstić information content (AvgIpc) is 3.08. The molecule has 2 atom stereocenters. The zero-order valence-electron chi connectivity index (χ0n) is 16.3. The number of aliphatic hydroxyl groups is 2. The molecule has 0 spiro atoms. The quantitative estimate of drug-likeness (QED) is 0.485. The zero-order chi connectivity index (χ0) is 24.8. The van der Waals surface area contributed by atoms with Gasteiger partial charge in [0.25, 0.3) is 0 Å². The summed E-state index contributed by atoms with van der Waals surface area (Å²) in [6, 6.07) is 3.64. The number of hydrogen-bond acceptors (Lipinski definition) is 6. The van der Waals surface area contributed by atoms with Gasteiger partial charge in [-0.15, -0.1) is 0 Å². The summed E-state index contributed by atoms with van der Waals surface area (Å²) in [6.45, 7) is -2.62. The molecule has 2 aromatic carbocycles. The zero-order valence-corrected chi connectivity index (χ0v) is 17.1. The number of benzene rings is 2. The molecule has 1 aliphatic heterocycles. The lowest BCUT2D eigenvalue weighted by atomic mass is 10.0. The summed E-state index contributed by atoms with van der Waals surface area (Å²) in [7, 11) is -4.69. The Morgan fingerprint density at radius 1 is 1.18 bits per heavy atom. The fourth-order valence-electron chi connectivity index (χ4n) is 3.23. The van der Waals surface area contributed by atoms with Crippen molar-refractivity contribution in [2.45, 2.75) is 22.8 Å². The molecule has 2 N–H and O–H groups in total. The van der Waals surface area contributed by atoms with Crippen molar-refractivity contribution in [2.24, 2.45) is 0 Å². The van der Waals surface area contributed by atoms with E-state index in [0.29, 0.717) is 34.6 Å². The molecule has 1 fully saturated rings. The predicted octanol–water partition coefficient (Wildman–Crippen LogP) is 2.17. The van der Waals surface area contributed by atoms with Crippen LogP contribution in [0.3, 0.4) is 0 Å². The monoisotopic (exact) mass is 496 g/mol. The molecule has 0 aliphatic carbocycles. The molecular formula is C19H14F6N2O5S. The number of nitrogens with zero attached hydrogens (tertiary/aromatic N) is 2. The summed E-state index contributed by atoms with van der Waals surface area (Å²) in [6.07, 6.45) is -6.45. The molecule has 1 heterocycles. The number of alkyl halides is 3. The van der Waals surface area contributed by atoms with Crippen molar-refractivity contribution < 1.29 is 49.7 Å². The van der Waals surface area contributed by atoms with E-state index in [1.165, 1.54) is 6.07 Å². The van der Waals surface area contributed by atoms with Crippen molar-refractivity contribution in [2.75, 3.05) is 19.7 Å². The molecule has 33 heavy (non-hydrogen) atoms. The SMILES string of the molecule is N#Cc1cc(C(F)(F)F)ccc1S(=O)(=O)N1C[C@H](Oc2cc(F)c(F)c(F)c2)[C@](O)(CO)C1. The van der Waals surface area contributed by atoms with Crippen LogP contribution in [-0.2, 0) is 16.2 Å². The van der Waals surface area contributed by atoms with E-state index in [2.05, 4.69) is 0 Å². The summed E-state index contributed by atoms with van der Waals surface area (Å²) < 4.78 is 110. The molecule has 2 aromatic rings. The Balaban J connectivity index is 1.95. The second-order valence-corrected chi connectivity index (χ2v) is 9.09. The number of hydrogen-bond donors (Lipinski definition) is 2. The van der Waals surface area contributed by atoms with Gasteiger partial charge in [0, 0.05) is 18.7 Å². The van der Waals surface area contributed by atoms with Crippen LogP contribution >= 0.6 is 0 Å². The summed E-state index contributed by atoms with van der Waals surface area (Å²) in [5, 5.41) is 29.4. The van der Waals surface area contributed by atoms with Crippen LogP contribution in [0.5, 0.6) is 5.75 Å². The maximum atomic E-state index is 13.5. The summed E-state index contributed by atoms with van der Waals surface area (Å²) >= 11 is 0. The Morgan fingerprint density at radius 2 is 1.79 bits per heavy atom. The molecule has 0 aromatic heterocycles. The lowest BCUT2D eigenvalue weighted by molar-refractivity contribution is -0.137. The molecule has 7 nitrogen and oxygen atoms in total. The fourth-order valence-corrected chi connectivity index (χ4v) is 4.86. The third-order valence-corrected chi connectivity index (χ3v) is 6.84.